The summed E-state index contributed by atoms with van der Waals surface area (Å²) >= 11 is 7.07. The van der Waals surface area contributed by atoms with E-state index < -0.39 is 0 Å². The number of hydrogen-bond donors (Lipinski definition) is 1. The largest absolute Gasteiger partial charge is 0.327 e. The van der Waals surface area contributed by atoms with Crippen molar-refractivity contribution in [2.75, 3.05) is 11.1 Å². The highest BCUT2D eigenvalue weighted by Crippen LogP contribution is 2.22. The van der Waals surface area contributed by atoms with E-state index in [2.05, 4.69) is 15.5 Å². The quantitative estimate of drug-likeness (QED) is 0.682. The van der Waals surface area contributed by atoms with Gasteiger partial charge in [-0.15, -0.1) is 0 Å². The van der Waals surface area contributed by atoms with Crippen molar-refractivity contribution < 1.29 is 9.32 Å². The van der Waals surface area contributed by atoms with Gasteiger partial charge in [-0.1, -0.05) is 64.4 Å². The van der Waals surface area contributed by atoms with Gasteiger partial charge < -0.3 is 9.84 Å². The van der Waals surface area contributed by atoms with Crippen molar-refractivity contribution in [2.45, 2.75) is 12.1 Å². The number of nitrogens with zero attached hydrogens (tertiary/aromatic N) is 2. The van der Waals surface area contributed by atoms with Gasteiger partial charge in [0.05, 0.1) is 5.75 Å². The van der Waals surface area contributed by atoms with E-state index in [0.29, 0.717) is 21.8 Å². The van der Waals surface area contributed by atoms with E-state index in [4.69, 9.17) is 16.1 Å². The maximum atomic E-state index is 11.9. The summed E-state index contributed by atoms with van der Waals surface area (Å²) in [5.41, 5.74) is 2.69. The molecule has 1 aromatic heterocycles. The number of halogens is 1. The second-order valence-electron chi connectivity index (χ2n) is 5.10. The Morgan fingerprint density at radius 1 is 1.25 bits per heavy atom. The lowest BCUT2D eigenvalue weighted by Gasteiger charge is -2.03. The number of aromatic nitrogens is 2. The Kier molecular flexibility index (Phi) is 5.17. The molecule has 2 aromatic carbocycles. The number of amides is 1. The second kappa shape index (κ2) is 7.51. The highest BCUT2D eigenvalue weighted by atomic mass is 35.5. The average Bonchev–Trinajstić information content (AvgIpc) is 3.03. The number of hydrogen-bond acceptors (Lipinski definition) is 5. The van der Waals surface area contributed by atoms with Crippen LogP contribution in [0.1, 0.15) is 5.56 Å². The molecule has 0 fully saturated rings. The summed E-state index contributed by atoms with van der Waals surface area (Å²) in [5.74, 6) is 0.507. The Labute approximate surface area is 148 Å². The molecule has 0 radical (unpaired) electrons. The Morgan fingerprint density at radius 3 is 2.79 bits per heavy atom. The van der Waals surface area contributed by atoms with Crippen LogP contribution >= 0.6 is 23.4 Å². The molecule has 0 spiro atoms. The van der Waals surface area contributed by atoms with Crippen LogP contribution < -0.4 is 5.32 Å². The summed E-state index contributed by atoms with van der Waals surface area (Å²) in [5, 5.41) is 7.62. The number of carbonyl (C=O) groups is 1. The first-order valence-electron chi connectivity index (χ1n) is 7.19. The molecule has 0 aliphatic carbocycles. The summed E-state index contributed by atoms with van der Waals surface area (Å²) in [7, 11) is 0. The number of benzene rings is 2. The normalized spacial score (nSPS) is 10.6. The van der Waals surface area contributed by atoms with E-state index in [1.807, 2.05) is 31.2 Å². The molecule has 0 bridgehead atoms. The smallest absolute Gasteiger partial charge is 0.286 e. The van der Waals surface area contributed by atoms with Crippen LogP contribution in [0.5, 0.6) is 0 Å². The zero-order valence-electron chi connectivity index (χ0n) is 12.8. The number of rotatable bonds is 5. The Balaban J connectivity index is 1.57. The fourth-order valence-corrected chi connectivity index (χ4v) is 2.74. The van der Waals surface area contributed by atoms with Gasteiger partial charge in [0.2, 0.25) is 11.7 Å². The minimum Gasteiger partial charge on any atom is -0.327 e. The van der Waals surface area contributed by atoms with Crippen molar-refractivity contribution in [1.82, 2.24) is 10.1 Å². The van der Waals surface area contributed by atoms with Crippen LogP contribution in [0.15, 0.2) is 58.3 Å². The lowest BCUT2D eigenvalue weighted by atomic mass is 10.1. The third-order valence-corrected chi connectivity index (χ3v) is 4.21. The van der Waals surface area contributed by atoms with Gasteiger partial charge in [-0.05, 0) is 25.1 Å². The summed E-state index contributed by atoms with van der Waals surface area (Å²) in [4.78, 5) is 16.2. The zero-order chi connectivity index (χ0) is 16.9. The maximum absolute atomic E-state index is 11.9. The standard InChI is InChI=1S/C17H14ClN3O2S/c1-11-5-7-12(8-6-11)16-20-17(23-21-16)24-10-15(22)19-14-4-2-3-13(18)9-14/h2-9H,10H2,1H3,(H,19,22). The third kappa shape index (κ3) is 4.37. The van der Waals surface area contributed by atoms with Crippen LogP contribution in [0.2, 0.25) is 5.02 Å². The Bertz CT molecular complexity index is 849. The summed E-state index contributed by atoms with van der Waals surface area (Å²) in [6, 6.07) is 14.8. The van der Waals surface area contributed by atoms with Crippen molar-refractivity contribution in [2.24, 2.45) is 0 Å². The first-order chi connectivity index (χ1) is 11.6. The van der Waals surface area contributed by atoms with Crippen LogP contribution in [-0.2, 0) is 4.79 Å². The summed E-state index contributed by atoms with van der Waals surface area (Å²) < 4.78 is 5.17. The minimum absolute atomic E-state index is 0.169. The molecule has 0 saturated heterocycles. The molecule has 3 rings (SSSR count). The van der Waals surface area contributed by atoms with Gasteiger partial charge in [0, 0.05) is 16.3 Å². The monoisotopic (exact) mass is 359 g/mol. The summed E-state index contributed by atoms with van der Waals surface area (Å²) in [6.45, 7) is 2.01. The van der Waals surface area contributed by atoms with E-state index in [1.165, 1.54) is 11.8 Å². The first kappa shape index (κ1) is 16.5. The maximum Gasteiger partial charge on any atom is 0.286 e. The van der Waals surface area contributed by atoms with Crippen LogP contribution in [0, 0.1) is 6.92 Å². The number of aryl methyl sites for hydroxylation is 1. The van der Waals surface area contributed by atoms with Gasteiger partial charge in [0.25, 0.3) is 5.22 Å². The van der Waals surface area contributed by atoms with Crippen molar-refractivity contribution >= 4 is 35.0 Å². The van der Waals surface area contributed by atoms with E-state index in [9.17, 15) is 4.79 Å². The van der Waals surface area contributed by atoms with E-state index in [1.54, 1.807) is 24.3 Å². The number of anilines is 1. The molecule has 122 valence electrons. The Hall–Kier alpha value is -2.31. The molecule has 24 heavy (non-hydrogen) atoms. The molecule has 0 aliphatic rings. The molecule has 0 atom stereocenters. The van der Waals surface area contributed by atoms with Crippen LogP contribution in [0.25, 0.3) is 11.4 Å². The van der Waals surface area contributed by atoms with Crippen molar-refractivity contribution in [3.8, 4) is 11.4 Å². The van der Waals surface area contributed by atoms with E-state index in [-0.39, 0.29) is 11.7 Å². The molecule has 0 saturated carbocycles. The van der Waals surface area contributed by atoms with Crippen LogP contribution in [0.4, 0.5) is 5.69 Å². The number of nitrogens with one attached hydrogen (secondary N) is 1. The topological polar surface area (TPSA) is 68.0 Å². The molecular formula is C17H14ClN3O2S. The van der Waals surface area contributed by atoms with Gasteiger partial charge in [-0.25, -0.2) is 0 Å². The molecule has 1 N–H and O–H groups in total. The number of thioether (sulfide) groups is 1. The second-order valence-corrected chi connectivity index (χ2v) is 6.46. The molecule has 1 amide bonds. The van der Waals surface area contributed by atoms with E-state index in [0.717, 1.165) is 11.1 Å². The van der Waals surface area contributed by atoms with Crippen molar-refractivity contribution in [1.29, 1.82) is 0 Å². The predicted molar refractivity (Wildman–Crippen MR) is 95.3 cm³/mol. The number of carbonyl (C=O) groups excluding carboxylic acids is 1. The minimum atomic E-state index is -0.169. The van der Waals surface area contributed by atoms with Gasteiger partial charge in [0.1, 0.15) is 0 Å². The summed E-state index contributed by atoms with van der Waals surface area (Å²) in [6.07, 6.45) is 0. The molecule has 7 heteroatoms. The molecule has 3 aromatic rings. The lowest BCUT2D eigenvalue weighted by molar-refractivity contribution is -0.113. The lowest BCUT2D eigenvalue weighted by Crippen LogP contribution is -2.13. The molecule has 0 aliphatic heterocycles. The SMILES string of the molecule is Cc1ccc(-c2noc(SCC(=O)Nc3cccc(Cl)c3)n2)cc1. The van der Waals surface area contributed by atoms with Crippen LogP contribution in [0.3, 0.4) is 0 Å². The molecule has 0 unspecified atom stereocenters. The van der Waals surface area contributed by atoms with Gasteiger partial charge in [-0.3, -0.25) is 4.79 Å². The van der Waals surface area contributed by atoms with Gasteiger partial charge in [-0.2, -0.15) is 4.98 Å². The van der Waals surface area contributed by atoms with E-state index >= 15 is 0 Å². The third-order valence-electron chi connectivity index (χ3n) is 3.15. The Morgan fingerprint density at radius 2 is 2.04 bits per heavy atom. The van der Waals surface area contributed by atoms with Crippen LogP contribution in [-0.4, -0.2) is 21.8 Å². The molecule has 1 heterocycles. The van der Waals surface area contributed by atoms with Gasteiger partial charge >= 0.3 is 0 Å². The highest BCUT2D eigenvalue weighted by molar-refractivity contribution is 7.99. The zero-order valence-corrected chi connectivity index (χ0v) is 14.4. The highest BCUT2D eigenvalue weighted by Gasteiger charge is 2.11. The predicted octanol–water partition coefficient (Wildman–Crippen LogP) is 4.43. The molecular weight excluding hydrogens is 346 g/mol. The van der Waals surface area contributed by atoms with Crippen molar-refractivity contribution in [3.05, 3.63) is 59.1 Å². The fraction of sp³-hybridized carbons (Fsp3) is 0.118. The average molecular weight is 360 g/mol. The van der Waals surface area contributed by atoms with Gasteiger partial charge in [0.15, 0.2) is 0 Å². The fourth-order valence-electron chi connectivity index (χ4n) is 1.98. The first-order valence-corrected chi connectivity index (χ1v) is 8.55. The van der Waals surface area contributed by atoms with Crippen molar-refractivity contribution in [3.63, 3.8) is 0 Å². The molecule has 5 nitrogen and oxygen atoms in total.